The zero-order chi connectivity index (χ0) is 13.2. The molecule has 0 unspecified atom stereocenters. The van der Waals surface area contributed by atoms with Gasteiger partial charge in [-0.2, -0.15) is 11.8 Å². The van der Waals surface area contributed by atoms with Gasteiger partial charge in [0.05, 0.1) is 12.2 Å². The average Bonchev–Trinajstić information content (AvgIpc) is 2.35. The number of rotatable bonds is 8. The van der Waals surface area contributed by atoms with E-state index in [1.54, 1.807) is 11.8 Å². The zero-order valence-corrected chi connectivity index (χ0v) is 10.9. The molecule has 4 nitrogen and oxygen atoms in total. The van der Waals surface area contributed by atoms with E-state index >= 15 is 0 Å². The molecule has 1 amide bonds. The van der Waals surface area contributed by atoms with Gasteiger partial charge in [0, 0.05) is 6.54 Å². The lowest BCUT2D eigenvalue weighted by molar-refractivity contribution is -0.136. The van der Waals surface area contributed by atoms with E-state index in [4.69, 9.17) is 5.11 Å². The van der Waals surface area contributed by atoms with Crippen molar-refractivity contribution >= 4 is 23.6 Å². The van der Waals surface area contributed by atoms with Crippen LogP contribution in [0.3, 0.4) is 0 Å². The van der Waals surface area contributed by atoms with E-state index in [0.29, 0.717) is 5.75 Å². The van der Waals surface area contributed by atoms with Crippen LogP contribution in [0.25, 0.3) is 0 Å². The molecule has 0 bridgehead atoms. The summed E-state index contributed by atoms with van der Waals surface area (Å²) in [6, 6.07) is 10.1. The van der Waals surface area contributed by atoms with Gasteiger partial charge in [-0.25, -0.2) is 0 Å². The molecule has 0 fully saturated rings. The predicted octanol–water partition coefficient (Wildman–Crippen LogP) is 1.55. The van der Waals surface area contributed by atoms with Gasteiger partial charge in [-0.1, -0.05) is 30.3 Å². The molecule has 0 radical (unpaired) electrons. The maximum absolute atomic E-state index is 11.3. The molecule has 18 heavy (non-hydrogen) atoms. The van der Waals surface area contributed by atoms with E-state index in [2.05, 4.69) is 17.4 Å². The summed E-state index contributed by atoms with van der Waals surface area (Å²) in [6.45, 7) is 0.202. The van der Waals surface area contributed by atoms with E-state index in [0.717, 1.165) is 12.2 Å². The second-order valence-corrected chi connectivity index (χ2v) is 4.89. The smallest absolute Gasteiger partial charge is 0.305 e. The molecular formula is C13H17NO3S. The molecule has 0 atom stereocenters. The molecule has 0 aromatic heterocycles. The summed E-state index contributed by atoms with van der Waals surface area (Å²) < 4.78 is 0. The Kier molecular flexibility index (Phi) is 6.94. The summed E-state index contributed by atoms with van der Waals surface area (Å²) in [6.07, 6.45) is 0.911. The van der Waals surface area contributed by atoms with Gasteiger partial charge in [0.15, 0.2) is 0 Å². The van der Waals surface area contributed by atoms with E-state index in [-0.39, 0.29) is 18.9 Å². The minimum Gasteiger partial charge on any atom is -0.481 e. The molecule has 5 heteroatoms. The second-order valence-electron chi connectivity index (χ2n) is 3.78. The summed E-state index contributed by atoms with van der Waals surface area (Å²) in [5, 5.41) is 11.0. The maximum Gasteiger partial charge on any atom is 0.305 e. The Morgan fingerprint density at radius 3 is 2.61 bits per heavy atom. The topological polar surface area (TPSA) is 66.4 Å². The molecule has 0 saturated carbocycles. The van der Waals surface area contributed by atoms with Crippen LogP contribution in [0, 0.1) is 0 Å². The summed E-state index contributed by atoms with van der Waals surface area (Å²) in [7, 11) is 0. The van der Waals surface area contributed by atoms with Gasteiger partial charge >= 0.3 is 5.97 Å². The zero-order valence-electron chi connectivity index (χ0n) is 10.1. The molecule has 0 spiro atoms. The highest BCUT2D eigenvalue weighted by molar-refractivity contribution is 7.99. The number of carboxylic acid groups (broad SMARTS) is 1. The second kappa shape index (κ2) is 8.58. The SMILES string of the molecule is O=C(O)CCNC(=O)CSCCc1ccccc1. The minimum absolute atomic E-state index is 0.0274. The number of aryl methyl sites for hydroxylation is 1. The lowest BCUT2D eigenvalue weighted by Gasteiger charge is -2.03. The lowest BCUT2D eigenvalue weighted by atomic mass is 10.2. The number of nitrogens with one attached hydrogen (secondary N) is 1. The van der Waals surface area contributed by atoms with Crippen molar-refractivity contribution in [2.75, 3.05) is 18.1 Å². The molecular weight excluding hydrogens is 250 g/mol. The van der Waals surface area contributed by atoms with Crippen molar-refractivity contribution in [1.82, 2.24) is 5.32 Å². The van der Waals surface area contributed by atoms with Crippen molar-refractivity contribution in [1.29, 1.82) is 0 Å². The molecule has 0 aliphatic heterocycles. The van der Waals surface area contributed by atoms with Crippen LogP contribution in [0.4, 0.5) is 0 Å². The first-order valence-corrected chi connectivity index (χ1v) is 6.94. The van der Waals surface area contributed by atoms with Gasteiger partial charge in [0.2, 0.25) is 5.91 Å². The summed E-state index contributed by atoms with van der Waals surface area (Å²) >= 11 is 1.56. The van der Waals surface area contributed by atoms with Gasteiger partial charge < -0.3 is 10.4 Å². The molecule has 2 N–H and O–H groups in total. The first-order chi connectivity index (χ1) is 8.68. The molecule has 0 aliphatic carbocycles. The minimum atomic E-state index is -0.896. The fourth-order valence-corrected chi connectivity index (χ4v) is 2.17. The van der Waals surface area contributed by atoms with E-state index in [1.165, 1.54) is 5.56 Å². The normalized spacial score (nSPS) is 10.0. The van der Waals surface area contributed by atoms with E-state index in [9.17, 15) is 9.59 Å². The quantitative estimate of drug-likeness (QED) is 0.701. The Bertz CT molecular complexity index is 381. The third-order valence-corrected chi connectivity index (χ3v) is 3.23. The standard InChI is InChI=1S/C13H17NO3S/c15-12(14-8-6-13(16)17)10-18-9-7-11-4-2-1-3-5-11/h1-5H,6-10H2,(H,14,15)(H,16,17). The number of hydrogen-bond acceptors (Lipinski definition) is 3. The number of amides is 1. The number of carboxylic acids is 1. The largest absolute Gasteiger partial charge is 0.481 e. The van der Waals surface area contributed by atoms with Crippen LogP contribution in [0.2, 0.25) is 0 Å². The van der Waals surface area contributed by atoms with Crippen LogP contribution < -0.4 is 5.32 Å². The van der Waals surface area contributed by atoms with Gasteiger partial charge in [-0.05, 0) is 17.7 Å². The predicted molar refractivity (Wildman–Crippen MR) is 72.7 cm³/mol. The van der Waals surface area contributed by atoms with Gasteiger partial charge in [-0.15, -0.1) is 0 Å². The van der Waals surface area contributed by atoms with Crippen LogP contribution in [0.15, 0.2) is 30.3 Å². The highest BCUT2D eigenvalue weighted by atomic mass is 32.2. The highest BCUT2D eigenvalue weighted by Gasteiger charge is 2.02. The van der Waals surface area contributed by atoms with Crippen LogP contribution in [0.5, 0.6) is 0 Å². The Morgan fingerprint density at radius 2 is 1.94 bits per heavy atom. The molecule has 1 aromatic rings. The van der Waals surface area contributed by atoms with Crippen molar-refractivity contribution < 1.29 is 14.7 Å². The monoisotopic (exact) mass is 267 g/mol. The first-order valence-electron chi connectivity index (χ1n) is 5.78. The van der Waals surface area contributed by atoms with Gasteiger partial charge in [-0.3, -0.25) is 9.59 Å². The molecule has 0 heterocycles. The fraction of sp³-hybridized carbons (Fsp3) is 0.385. The number of carbonyl (C=O) groups is 2. The molecule has 1 aromatic carbocycles. The average molecular weight is 267 g/mol. The van der Waals surface area contributed by atoms with Crippen molar-refractivity contribution in [3.05, 3.63) is 35.9 Å². The maximum atomic E-state index is 11.3. The number of aliphatic carboxylic acids is 1. The van der Waals surface area contributed by atoms with Crippen LogP contribution in [-0.2, 0) is 16.0 Å². The Labute approximate surface area is 111 Å². The summed E-state index contributed by atoms with van der Waals surface area (Å²) in [5.41, 5.74) is 1.26. The van der Waals surface area contributed by atoms with Crippen LogP contribution >= 0.6 is 11.8 Å². The van der Waals surface area contributed by atoms with Gasteiger partial charge in [0.1, 0.15) is 0 Å². The van der Waals surface area contributed by atoms with Crippen molar-refractivity contribution in [3.8, 4) is 0 Å². The summed E-state index contributed by atoms with van der Waals surface area (Å²) in [4.78, 5) is 21.6. The Hall–Kier alpha value is -1.49. The van der Waals surface area contributed by atoms with Crippen molar-refractivity contribution in [2.45, 2.75) is 12.8 Å². The summed E-state index contributed by atoms with van der Waals surface area (Å²) in [5.74, 6) is 0.268. The third kappa shape index (κ3) is 6.96. The molecule has 0 aliphatic rings. The Morgan fingerprint density at radius 1 is 1.22 bits per heavy atom. The fourth-order valence-electron chi connectivity index (χ4n) is 1.36. The van der Waals surface area contributed by atoms with Crippen molar-refractivity contribution in [3.63, 3.8) is 0 Å². The van der Waals surface area contributed by atoms with Crippen LogP contribution in [-0.4, -0.2) is 35.0 Å². The van der Waals surface area contributed by atoms with Gasteiger partial charge in [0.25, 0.3) is 0 Å². The molecule has 1 rings (SSSR count). The van der Waals surface area contributed by atoms with Crippen LogP contribution in [0.1, 0.15) is 12.0 Å². The molecule has 98 valence electrons. The first kappa shape index (κ1) is 14.6. The number of thioether (sulfide) groups is 1. The number of benzene rings is 1. The Balaban J connectivity index is 2.04. The van der Waals surface area contributed by atoms with E-state index < -0.39 is 5.97 Å². The number of carbonyl (C=O) groups excluding carboxylic acids is 1. The highest BCUT2D eigenvalue weighted by Crippen LogP contribution is 2.06. The number of hydrogen-bond donors (Lipinski definition) is 2. The molecule has 0 saturated heterocycles. The van der Waals surface area contributed by atoms with E-state index in [1.807, 2.05) is 18.2 Å². The third-order valence-electron chi connectivity index (χ3n) is 2.27. The van der Waals surface area contributed by atoms with Crippen molar-refractivity contribution in [2.24, 2.45) is 0 Å². The lowest BCUT2D eigenvalue weighted by Crippen LogP contribution is -2.27.